The molecule has 1 aliphatic heterocycles. The highest BCUT2D eigenvalue weighted by Crippen LogP contribution is 2.23. The van der Waals surface area contributed by atoms with Gasteiger partial charge in [0.25, 0.3) is 0 Å². The van der Waals surface area contributed by atoms with Crippen LogP contribution in [0.2, 0.25) is 0 Å². The second kappa shape index (κ2) is 7.64. The summed E-state index contributed by atoms with van der Waals surface area (Å²) in [6, 6.07) is 6.12. The highest BCUT2D eigenvalue weighted by molar-refractivity contribution is 5.79. The van der Waals surface area contributed by atoms with Gasteiger partial charge < -0.3 is 14.8 Å². The summed E-state index contributed by atoms with van der Waals surface area (Å²) in [5.41, 5.74) is 2.18. The van der Waals surface area contributed by atoms with E-state index in [0.29, 0.717) is 13.2 Å². The van der Waals surface area contributed by atoms with Crippen LogP contribution >= 0.6 is 0 Å². The normalized spacial score (nSPS) is 20.8. The van der Waals surface area contributed by atoms with Gasteiger partial charge in [-0.3, -0.25) is 4.79 Å². The van der Waals surface area contributed by atoms with E-state index >= 15 is 0 Å². The lowest BCUT2D eigenvalue weighted by Crippen LogP contribution is -2.29. The molecule has 1 atom stereocenters. The fraction of sp³-hybridized carbons (Fsp3) is 0.526. The van der Waals surface area contributed by atoms with E-state index in [1.165, 1.54) is 0 Å². The predicted octanol–water partition coefficient (Wildman–Crippen LogP) is 3.14. The van der Waals surface area contributed by atoms with Crippen molar-refractivity contribution < 1.29 is 14.3 Å². The Hall–Kier alpha value is -1.81. The molecule has 2 aliphatic rings. The Morgan fingerprint density at radius 3 is 2.91 bits per heavy atom. The van der Waals surface area contributed by atoms with Crippen molar-refractivity contribution in [1.29, 1.82) is 0 Å². The standard InChI is InChI=1S/C19H25NO3/c1-14-8-9-16(12-20-19(21)15-5-2-3-6-15)18(11-14)23-13-17-7-4-10-22-17/h2-3,8-9,11,15,17H,4-7,10,12-13H2,1H3,(H,20,21)/t17-/m1/s1. The lowest BCUT2D eigenvalue weighted by molar-refractivity contribution is -0.124. The molecule has 0 aromatic heterocycles. The zero-order chi connectivity index (χ0) is 16.1. The zero-order valence-corrected chi connectivity index (χ0v) is 13.7. The van der Waals surface area contributed by atoms with Gasteiger partial charge in [0.15, 0.2) is 0 Å². The van der Waals surface area contributed by atoms with Crippen LogP contribution < -0.4 is 10.1 Å². The molecule has 23 heavy (non-hydrogen) atoms. The van der Waals surface area contributed by atoms with E-state index in [1.807, 2.05) is 19.1 Å². The number of hydrogen-bond acceptors (Lipinski definition) is 3. The Labute approximate surface area is 137 Å². The molecule has 0 radical (unpaired) electrons. The molecule has 4 heteroatoms. The van der Waals surface area contributed by atoms with Crippen molar-refractivity contribution in [2.75, 3.05) is 13.2 Å². The van der Waals surface area contributed by atoms with Crippen LogP contribution in [0.5, 0.6) is 5.75 Å². The van der Waals surface area contributed by atoms with Crippen molar-refractivity contribution in [1.82, 2.24) is 5.32 Å². The molecule has 0 bridgehead atoms. The van der Waals surface area contributed by atoms with E-state index in [0.717, 1.165) is 49.2 Å². The van der Waals surface area contributed by atoms with Crippen molar-refractivity contribution >= 4 is 5.91 Å². The van der Waals surface area contributed by atoms with Crippen LogP contribution in [0.1, 0.15) is 36.8 Å². The number of ether oxygens (including phenoxy) is 2. The highest BCUT2D eigenvalue weighted by Gasteiger charge is 2.20. The van der Waals surface area contributed by atoms with Gasteiger partial charge in [0.05, 0.1) is 6.10 Å². The summed E-state index contributed by atoms with van der Waals surface area (Å²) in [5, 5.41) is 3.04. The summed E-state index contributed by atoms with van der Waals surface area (Å²) in [5.74, 6) is 1.07. The fourth-order valence-corrected chi connectivity index (χ4v) is 3.06. The van der Waals surface area contributed by atoms with Gasteiger partial charge in [0.2, 0.25) is 5.91 Å². The van der Waals surface area contributed by atoms with Crippen molar-refractivity contribution in [3.63, 3.8) is 0 Å². The molecule has 0 saturated carbocycles. The number of carbonyl (C=O) groups is 1. The maximum atomic E-state index is 12.2. The third kappa shape index (κ3) is 4.35. The molecule has 0 spiro atoms. The molecule has 4 nitrogen and oxygen atoms in total. The fourth-order valence-electron chi connectivity index (χ4n) is 3.06. The van der Waals surface area contributed by atoms with E-state index in [1.54, 1.807) is 0 Å². The first-order valence-corrected chi connectivity index (χ1v) is 8.49. The van der Waals surface area contributed by atoms with Gasteiger partial charge in [0, 0.05) is 24.6 Å². The summed E-state index contributed by atoms with van der Waals surface area (Å²) < 4.78 is 11.6. The molecule has 1 aliphatic carbocycles. The minimum Gasteiger partial charge on any atom is -0.491 e. The highest BCUT2D eigenvalue weighted by atomic mass is 16.5. The van der Waals surface area contributed by atoms with Gasteiger partial charge in [-0.2, -0.15) is 0 Å². The number of nitrogens with one attached hydrogen (secondary N) is 1. The molecule has 1 heterocycles. The van der Waals surface area contributed by atoms with Crippen LogP contribution in [-0.2, 0) is 16.1 Å². The number of rotatable bonds is 6. The van der Waals surface area contributed by atoms with Gasteiger partial charge in [-0.15, -0.1) is 0 Å². The third-order valence-electron chi connectivity index (χ3n) is 4.50. The van der Waals surface area contributed by atoms with E-state index in [-0.39, 0.29) is 17.9 Å². The number of aryl methyl sites for hydroxylation is 1. The number of carbonyl (C=O) groups excluding carboxylic acids is 1. The van der Waals surface area contributed by atoms with E-state index in [4.69, 9.17) is 9.47 Å². The molecule has 0 unspecified atom stereocenters. The molecule has 1 fully saturated rings. The smallest absolute Gasteiger partial charge is 0.224 e. The summed E-state index contributed by atoms with van der Waals surface area (Å²) >= 11 is 0. The molecule has 1 N–H and O–H groups in total. The number of benzene rings is 1. The van der Waals surface area contributed by atoms with Gasteiger partial charge in [0.1, 0.15) is 12.4 Å². The Bertz CT molecular complexity index is 568. The predicted molar refractivity (Wildman–Crippen MR) is 89.4 cm³/mol. The lowest BCUT2D eigenvalue weighted by Gasteiger charge is -2.16. The van der Waals surface area contributed by atoms with Crippen LogP contribution in [0.4, 0.5) is 0 Å². The number of allylic oxidation sites excluding steroid dienone is 2. The first-order chi connectivity index (χ1) is 11.2. The van der Waals surface area contributed by atoms with Crippen molar-refractivity contribution in [3.05, 3.63) is 41.5 Å². The average molecular weight is 315 g/mol. The Morgan fingerprint density at radius 2 is 2.17 bits per heavy atom. The van der Waals surface area contributed by atoms with Crippen LogP contribution in [0.3, 0.4) is 0 Å². The second-order valence-electron chi connectivity index (χ2n) is 6.41. The lowest BCUT2D eigenvalue weighted by atomic mass is 10.1. The van der Waals surface area contributed by atoms with Crippen LogP contribution in [-0.4, -0.2) is 25.2 Å². The summed E-state index contributed by atoms with van der Waals surface area (Å²) in [6.07, 6.45) is 8.22. The van der Waals surface area contributed by atoms with Crippen molar-refractivity contribution in [2.45, 2.75) is 45.3 Å². The SMILES string of the molecule is Cc1ccc(CNC(=O)C2CC=CC2)c(OC[C@H]2CCCO2)c1. The quantitative estimate of drug-likeness (QED) is 0.821. The molecule has 1 amide bonds. The second-order valence-corrected chi connectivity index (χ2v) is 6.41. The molecular weight excluding hydrogens is 290 g/mol. The van der Waals surface area contributed by atoms with Gasteiger partial charge in [-0.25, -0.2) is 0 Å². The minimum absolute atomic E-state index is 0.0942. The molecule has 1 aromatic carbocycles. The van der Waals surface area contributed by atoms with Crippen molar-refractivity contribution in [2.24, 2.45) is 5.92 Å². The first-order valence-electron chi connectivity index (χ1n) is 8.49. The average Bonchev–Trinajstić information content (AvgIpc) is 3.25. The van der Waals surface area contributed by atoms with E-state index in [9.17, 15) is 4.79 Å². The molecule has 1 saturated heterocycles. The molecule has 124 valence electrons. The van der Waals surface area contributed by atoms with E-state index < -0.39 is 0 Å². The van der Waals surface area contributed by atoms with Gasteiger partial charge in [-0.1, -0.05) is 24.3 Å². The summed E-state index contributed by atoms with van der Waals surface area (Å²) in [4.78, 5) is 12.2. The van der Waals surface area contributed by atoms with E-state index in [2.05, 4.69) is 23.5 Å². The number of amides is 1. The zero-order valence-electron chi connectivity index (χ0n) is 13.7. The molecule has 3 rings (SSSR count). The summed E-state index contributed by atoms with van der Waals surface area (Å²) in [7, 11) is 0. The van der Waals surface area contributed by atoms with Gasteiger partial charge >= 0.3 is 0 Å². The monoisotopic (exact) mass is 315 g/mol. The maximum Gasteiger partial charge on any atom is 0.224 e. The van der Waals surface area contributed by atoms with Crippen LogP contribution in [0, 0.1) is 12.8 Å². The summed E-state index contributed by atoms with van der Waals surface area (Å²) in [6.45, 7) is 3.97. The van der Waals surface area contributed by atoms with Crippen molar-refractivity contribution in [3.8, 4) is 5.75 Å². The third-order valence-corrected chi connectivity index (χ3v) is 4.50. The number of hydrogen-bond donors (Lipinski definition) is 1. The topological polar surface area (TPSA) is 47.6 Å². The molecular formula is C19H25NO3. The Kier molecular flexibility index (Phi) is 5.34. The van der Waals surface area contributed by atoms with Crippen LogP contribution in [0.25, 0.3) is 0 Å². The van der Waals surface area contributed by atoms with Gasteiger partial charge in [-0.05, 0) is 44.2 Å². The largest absolute Gasteiger partial charge is 0.491 e. The first kappa shape index (κ1) is 16.1. The minimum atomic E-state index is 0.0942. The Morgan fingerprint density at radius 1 is 1.35 bits per heavy atom. The maximum absolute atomic E-state index is 12.2. The Balaban J connectivity index is 1.57. The molecule has 1 aromatic rings. The van der Waals surface area contributed by atoms with Crippen LogP contribution in [0.15, 0.2) is 30.4 Å².